The Bertz CT molecular complexity index is 258. The number of ether oxygens (including phenoxy) is 1. The fourth-order valence-electron chi connectivity index (χ4n) is 1.40. The van der Waals surface area contributed by atoms with Crippen molar-refractivity contribution < 1.29 is 9.84 Å². The fraction of sp³-hybridized carbons (Fsp3) is 0.455. The first-order valence-electron chi connectivity index (χ1n) is 4.47. The SMILES string of the molecule is COCc1ccccc1C(C)CO. The molecule has 0 aliphatic rings. The first-order valence-corrected chi connectivity index (χ1v) is 4.47. The van der Waals surface area contributed by atoms with Crippen LogP contribution in [-0.4, -0.2) is 18.8 Å². The summed E-state index contributed by atoms with van der Waals surface area (Å²) in [5.41, 5.74) is 2.33. The van der Waals surface area contributed by atoms with Crippen LogP contribution in [0.4, 0.5) is 0 Å². The first-order chi connectivity index (χ1) is 6.29. The molecule has 1 N–H and O–H groups in total. The van der Waals surface area contributed by atoms with E-state index in [-0.39, 0.29) is 12.5 Å². The van der Waals surface area contributed by atoms with Crippen LogP contribution in [0.15, 0.2) is 24.3 Å². The van der Waals surface area contributed by atoms with E-state index in [9.17, 15) is 0 Å². The third-order valence-electron chi connectivity index (χ3n) is 2.16. The second-order valence-electron chi connectivity index (χ2n) is 3.22. The molecule has 0 spiro atoms. The molecule has 0 fully saturated rings. The van der Waals surface area contributed by atoms with Gasteiger partial charge in [0.2, 0.25) is 0 Å². The van der Waals surface area contributed by atoms with Gasteiger partial charge in [-0.3, -0.25) is 0 Å². The normalized spacial score (nSPS) is 12.8. The summed E-state index contributed by atoms with van der Waals surface area (Å²) >= 11 is 0. The number of aliphatic hydroxyl groups excluding tert-OH is 1. The van der Waals surface area contributed by atoms with E-state index in [1.807, 2.05) is 31.2 Å². The highest BCUT2D eigenvalue weighted by molar-refractivity contribution is 5.29. The summed E-state index contributed by atoms with van der Waals surface area (Å²) in [5.74, 6) is 0.186. The van der Waals surface area contributed by atoms with Gasteiger partial charge < -0.3 is 9.84 Å². The zero-order valence-electron chi connectivity index (χ0n) is 8.16. The Morgan fingerprint density at radius 1 is 1.38 bits per heavy atom. The number of rotatable bonds is 4. The van der Waals surface area contributed by atoms with E-state index in [1.54, 1.807) is 7.11 Å². The lowest BCUT2D eigenvalue weighted by atomic mass is 9.97. The highest BCUT2D eigenvalue weighted by Crippen LogP contribution is 2.19. The number of methoxy groups -OCH3 is 1. The van der Waals surface area contributed by atoms with Crippen molar-refractivity contribution in [2.24, 2.45) is 0 Å². The molecule has 13 heavy (non-hydrogen) atoms. The van der Waals surface area contributed by atoms with Gasteiger partial charge in [-0.15, -0.1) is 0 Å². The van der Waals surface area contributed by atoms with Gasteiger partial charge in [-0.1, -0.05) is 31.2 Å². The minimum absolute atomic E-state index is 0.181. The number of aliphatic hydroxyl groups is 1. The molecule has 72 valence electrons. The van der Waals surface area contributed by atoms with Gasteiger partial charge in [0.15, 0.2) is 0 Å². The molecule has 0 aliphatic carbocycles. The highest BCUT2D eigenvalue weighted by Gasteiger charge is 2.07. The molecule has 0 amide bonds. The Labute approximate surface area is 79.2 Å². The quantitative estimate of drug-likeness (QED) is 0.767. The second-order valence-corrected chi connectivity index (χ2v) is 3.22. The summed E-state index contributed by atoms with van der Waals surface area (Å²) < 4.78 is 5.08. The standard InChI is InChI=1S/C11H16O2/c1-9(7-12)11-6-4-3-5-10(11)8-13-2/h3-6,9,12H,7-8H2,1-2H3. The van der Waals surface area contributed by atoms with Crippen LogP contribution in [0.25, 0.3) is 0 Å². The van der Waals surface area contributed by atoms with Crippen molar-refractivity contribution >= 4 is 0 Å². The lowest BCUT2D eigenvalue weighted by Gasteiger charge is -2.13. The Morgan fingerprint density at radius 3 is 2.69 bits per heavy atom. The van der Waals surface area contributed by atoms with E-state index in [4.69, 9.17) is 9.84 Å². The molecular formula is C11H16O2. The number of hydrogen-bond acceptors (Lipinski definition) is 2. The smallest absolute Gasteiger partial charge is 0.0715 e. The fourth-order valence-corrected chi connectivity index (χ4v) is 1.40. The molecule has 1 aromatic carbocycles. The zero-order chi connectivity index (χ0) is 9.68. The summed E-state index contributed by atoms with van der Waals surface area (Å²) in [6, 6.07) is 8.04. The molecule has 1 rings (SSSR count). The van der Waals surface area contributed by atoms with Gasteiger partial charge in [0.25, 0.3) is 0 Å². The van der Waals surface area contributed by atoms with Crippen molar-refractivity contribution in [2.75, 3.05) is 13.7 Å². The molecule has 1 aromatic rings. The van der Waals surface area contributed by atoms with Crippen LogP contribution >= 0.6 is 0 Å². The molecule has 0 saturated heterocycles. The molecule has 2 heteroatoms. The Morgan fingerprint density at radius 2 is 2.08 bits per heavy atom. The highest BCUT2D eigenvalue weighted by atomic mass is 16.5. The summed E-state index contributed by atoms with van der Waals surface area (Å²) in [5, 5.41) is 9.04. The van der Waals surface area contributed by atoms with E-state index in [0.29, 0.717) is 6.61 Å². The zero-order valence-corrected chi connectivity index (χ0v) is 8.16. The molecule has 0 heterocycles. The van der Waals surface area contributed by atoms with Gasteiger partial charge in [-0.2, -0.15) is 0 Å². The molecule has 0 bridgehead atoms. The van der Waals surface area contributed by atoms with E-state index in [2.05, 4.69) is 0 Å². The van der Waals surface area contributed by atoms with E-state index in [1.165, 1.54) is 5.56 Å². The minimum Gasteiger partial charge on any atom is -0.396 e. The monoisotopic (exact) mass is 180 g/mol. The molecular weight excluding hydrogens is 164 g/mol. The van der Waals surface area contributed by atoms with Crippen LogP contribution in [0.3, 0.4) is 0 Å². The number of hydrogen-bond donors (Lipinski definition) is 1. The van der Waals surface area contributed by atoms with Gasteiger partial charge in [-0.25, -0.2) is 0 Å². The molecule has 1 unspecified atom stereocenters. The van der Waals surface area contributed by atoms with Crippen molar-refractivity contribution in [3.8, 4) is 0 Å². The number of benzene rings is 1. The molecule has 0 aliphatic heterocycles. The van der Waals surface area contributed by atoms with Crippen LogP contribution in [0.5, 0.6) is 0 Å². The van der Waals surface area contributed by atoms with Crippen LogP contribution in [0.2, 0.25) is 0 Å². The Hall–Kier alpha value is -0.860. The summed E-state index contributed by atoms with van der Waals surface area (Å²) in [7, 11) is 1.68. The van der Waals surface area contributed by atoms with Gasteiger partial charge in [0, 0.05) is 19.6 Å². The van der Waals surface area contributed by atoms with Gasteiger partial charge in [-0.05, 0) is 11.1 Å². The van der Waals surface area contributed by atoms with E-state index >= 15 is 0 Å². The maximum atomic E-state index is 9.04. The van der Waals surface area contributed by atoms with Gasteiger partial charge in [0.05, 0.1) is 6.61 Å². The largest absolute Gasteiger partial charge is 0.396 e. The van der Waals surface area contributed by atoms with Crippen molar-refractivity contribution in [3.05, 3.63) is 35.4 Å². The van der Waals surface area contributed by atoms with Crippen LogP contribution in [-0.2, 0) is 11.3 Å². The second kappa shape index (κ2) is 5.00. The molecule has 0 saturated carbocycles. The van der Waals surface area contributed by atoms with E-state index < -0.39 is 0 Å². The summed E-state index contributed by atoms with van der Waals surface area (Å²) in [6.45, 7) is 2.80. The topological polar surface area (TPSA) is 29.5 Å². The first kappa shape index (κ1) is 10.2. The third kappa shape index (κ3) is 2.54. The van der Waals surface area contributed by atoms with Gasteiger partial charge >= 0.3 is 0 Å². The Kier molecular flexibility index (Phi) is 3.93. The van der Waals surface area contributed by atoms with Crippen molar-refractivity contribution in [2.45, 2.75) is 19.4 Å². The molecule has 2 nitrogen and oxygen atoms in total. The molecule has 0 aromatic heterocycles. The van der Waals surface area contributed by atoms with Crippen LogP contribution < -0.4 is 0 Å². The predicted octanol–water partition coefficient (Wildman–Crippen LogP) is 1.93. The summed E-state index contributed by atoms with van der Waals surface area (Å²) in [4.78, 5) is 0. The average molecular weight is 180 g/mol. The molecule has 0 radical (unpaired) electrons. The lowest BCUT2D eigenvalue weighted by Crippen LogP contribution is -2.03. The van der Waals surface area contributed by atoms with Gasteiger partial charge in [0.1, 0.15) is 0 Å². The maximum Gasteiger partial charge on any atom is 0.0715 e. The average Bonchev–Trinajstić information content (AvgIpc) is 2.18. The van der Waals surface area contributed by atoms with Crippen LogP contribution in [0, 0.1) is 0 Å². The maximum absolute atomic E-state index is 9.04. The lowest BCUT2D eigenvalue weighted by molar-refractivity contribution is 0.183. The van der Waals surface area contributed by atoms with Crippen molar-refractivity contribution in [1.29, 1.82) is 0 Å². The Balaban J connectivity index is 2.90. The molecule has 1 atom stereocenters. The summed E-state index contributed by atoms with van der Waals surface area (Å²) in [6.07, 6.45) is 0. The van der Waals surface area contributed by atoms with E-state index in [0.717, 1.165) is 5.56 Å². The minimum atomic E-state index is 0.181. The van der Waals surface area contributed by atoms with Crippen LogP contribution in [0.1, 0.15) is 24.0 Å². The van der Waals surface area contributed by atoms with Crippen molar-refractivity contribution in [1.82, 2.24) is 0 Å². The predicted molar refractivity (Wildman–Crippen MR) is 52.7 cm³/mol. The third-order valence-corrected chi connectivity index (χ3v) is 2.16. The van der Waals surface area contributed by atoms with Crippen molar-refractivity contribution in [3.63, 3.8) is 0 Å².